The van der Waals surface area contributed by atoms with Crippen molar-refractivity contribution in [2.75, 3.05) is 51.0 Å². The molecule has 14 heteroatoms. The number of benzene rings is 1. The molecular formula is C26H31N9O5. The second-order valence-corrected chi connectivity index (χ2v) is 9.64. The summed E-state index contributed by atoms with van der Waals surface area (Å²) in [6.07, 6.45) is 1.69. The number of carbonyl (C=O) groups is 3. The Balaban J connectivity index is 1.37. The summed E-state index contributed by atoms with van der Waals surface area (Å²) in [5.74, 6) is 0.919. The number of aromatic nitrogens is 4. The first-order valence-electron chi connectivity index (χ1n) is 13.0. The topological polar surface area (TPSA) is 168 Å². The van der Waals surface area contributed by atoms with Gasteiger partial charge in [-0.2, -0.15) is 4.98 Å². The molecule has 5 rings (SSSR count). The zero-order valence-electron chi connectivity index (χ0n) is 22.6. The third kappa shape index (κ3) is 6.01. The van der Waals surface area contributed by atoms with Crippen LogP contribution in [0, 0.1) is 5.92 Å². The van der Waals surface area contributed by atoms with Crippen molar-refractivity contribution < 1.29 is 23.6 Å². The van der Waals surface area contributed by atoms with E-state index < -0.39 is 5.91 Å². The van der Waals surface area contributed by atoms with Gasteiger partial charge in [0.1, 0.15) is 0 Å². The second kappa shape index (κ2) is 11.7. The highest BCUT2D eigenvalue weighted by Crippen LogP contribution is 2.38. The van der Waals surface area contributed by atoms with Crippen LogP contribution >= 0.6 is 0 Å². The monoisotopic (exact) mass is 549 g/mol. The Bertz CT molecular complexity index is 1410. The van der Waals surface area contributed by atoms with Gasteiger partial charge in [0.15, 0.2) is 23.1 Å². The number of hydrogen-bond acceptors (Lipinski definition) is 11. The number of piperazine rings is 1. The molecule has 2 aromatic heterocycles. The third-order valence-electron chi connectivity index (χ3n) is 6.81. The highest BCUT2D eigenvalue weighted by molar-refractivity contribution is 6.00. The molecule has 1 aliphatic heterocycles. The van der Waals surface area contributed by atoms with Gasteiger partial charge in [-0.1, -0.05) is 11.2 Å². The summed E-state index contributed by atoms with van der Waals surface area (Å²) in [7, 11) is 3.01. The SMILES string of the molecule is CNC(=O)c1nnc(NC(=O)C2CC2)cc1Nc1cccc(-c2nc(CN3CCN(C(C)=O)CC3)no2)c1OC. The molecule has 1 saturated carbocycles. The Hall–Kier alpha value is -4.59. The lowest BCUT2D eigenvalue weighted by Gasteiger charge is -2.33. The van der Waals surface area contributed by atoms with Crippen molar-refractivity contribution in [3.05, 3.63) is 35.8 Å². The zero-order chi connectivity index (χ0) is 28.2. The molecule has 2 aliphatic rings. The van der Waals surface area contributed by atoms with Gasteiger partial charge in [-0.15, -0.1) is 10.2 Å². The molecule has 1 aromatic carbocycles. The summed E-state index contributed by atoms with van der Waals surface area (Å²) >= 11 is 0. The van der Waals surface area contributed by atoms with Gasteiger partial charge in [-0.05, 0) is 25.0 Å². The van der Waals surface area contributed by atoms with E-state index in [0.717, 1.165) is 25.9 Å². The number of rotatable bonds is 9. The second-order valence-electron chi connectivity index (χ2n) is 9.64. The minimum atomic E-state index is -0.448. The van der Waals surface area contributed by atoms with Gasteiger partial charge in [0.05, 0.1) is 30.6 Å². The Kier molecular flexibility index (Phi) is 7.86. The van der Waals surface area contributed by atoms with Crippen molar-refractivity contribution in [1.82, 2.24) is 35.5 Å². The van der Waals surface area contributed by atoms with E-state index >= 15 is 0 Å². The number of ether oxygens (including phenoxy) is 1. The van der Waals surface area contributed by atoms with Crippen LogP contribution in [0.4, 0.5) is 17.2 Å². The third-order valence-corrected chi connectivity index (χ3v) is 6.81. The average Bonchev–Trinajstić information content (AvgIpc) is 3.72. The molecule has 0 bridgehead atoms. The van der Waals surface area contributed by atoms with E-state index in [4.69, 9.17) is 9.26 Å². The lowest BCUT2D eigenvalue weighted by atomic mass is 10.1. The van der Waals surface area contributed by atoms with E-state index in [9.17, 15) is 14.4 Å². The Labute approximate surface area is 230 Å². The van der Waals surface area contributed by atoms with Crippen LogP contribution in [0.5, 0.6) is 5.75 Å². The molecule has 0 atom stereocenters. The molecule has 1 aliphatic carbocycles. The van der Waals surface area contributed by atoms with Crippen molar-refractivity contribution in [3.63, 3.8) is 0 Å². The molecule has 1 saturated heterocycles. The number of nitrogens with zero attached hydrogens (tertiary/aromatic N) is 6. The molecule has 14 nitrogen and oxygen atoms in total. The van der Waals surface area contributed by atoms with Crippen molar-refractivity contribution in [3.8, 4) is 17.2 Å². The minimum Gasteiger partial charge on any atom is -0.494 e. The summed E-state index contributed by atoms with van der Waals surface area (Å²) in [6.45, 7) is 4.84. The van der Waals surface area contributed by atoms with Gasteiger partial charge < -0.3 is 30.1 Å². The van der Waals surface area contributed by atoms with Gasteiger partial charge >= 0.3 is 0 Å². The van der Waals surface area contributed by atoms with Crippen LogP contribution < -0.4 is 20.7 Å². The summed E-state index contributed by atoms with van der Waals surface area (Å²) in [4.78, 5) is 44.9. The minimum absolute atomic E-state index is 0.0157. The van der Waals surface area contributed by atoms with Crippen LogP contribution in [0.2, 0.25) is 0 Å². The molecule has 3 N–H and O–H groups in total. The molecule has 210 valence electrons. The maximum absolute atomic E-state index is 12.5. The molecule has 0 radical (unpaired) electrons. The molecule has 40 heavy (non-hydrogen) atoms. The quantitative estimate of drug-likeness (QED) is 0.355. The Morgan fingerprint density at radius 3 is 2.55 bits per heavy atom. The lowest BCUT2D eigenvalue weighted by molar-refractivity contribution is -0.130. The van der Waals surface area contributed by atoms with Crippen LogP contribution in [0.1, 0.15) is 36.1 Å². The number of anilines is 3. The highest BCUT2D eigenvalue weighted by Gasteiger charge is 2.30. The van der Waals surface area contributed by atoms with Gasteiger partial charge in [0.2, 0.25) is 11.8 Å². The summed E-state index contributed by atoms with van der Waals surface area (Å²) in [6, 6.07) is 6.90. The number of methoxy groups -OCH3 is 1. The highest BCUT2D eigenvalue weighted by atomic mass is 16.5. The number of para-hydroxylation sites is 1. The normalized spacial score (nSPS) is 15.4. The molecule has 0 spiro atoms. The zero-order valence-corrected chi connectivity index (χ0v) is 22.6. The van der Waals surface area contributed by atoms with E-state index in [-0.39, 0.29) is 35.1 Å². The summed E-state index contributed by atoms with van der Waals surface area (Å²) in [5.41, 5.74) is 1.44. The molecule has 3 heterocycles. The van der Waals surface area contributed by atoms with Gasteiger partial charge in [0, 0.05) is 52.1 Å². The van der Waals surface area contributed by atoms with E-state index in [1.54, 1.807) is 31.2 Å². The Morgan fingerprint density at radius 1 is 1.10 bits per heavy atom. The number of nitrogens with one attached hydrogen (secondary N) is 3. The van der Waals surface area contributed by atoms with E-state index in [1.165, 1.54) is 14.2 Å². The van der Waals surface area contributed by atoms with Crippen LogP contribution in [0.25, 0.3) is 11.5 Å². The maximum atomic E-state index is 12.5. The standard InChI is InChI=1S/C26H31N9O5/c1-15(36)35-11-9-34(10-12-35)14-21-30-26(40-33-21)17-5-4-6-18(23(17)39-3)28-19-13-20(29-24(37)16-7-8-16)31-32-22(19)25(38)27-2/h4-6,13,16H,7-12,14H2,1-3H3,(H,27,38)(H2,28,29,31,37). The van der Waals surface area contributed by atoms with Crippen molar-refractivity contribution in [2.45, 2.75) is 26.3 Å². The molecule has 0 unspecified atom stereocenters. The number of amides is 3. The van der Waals surface area contributed by atoms with Gasteiger partial charge in [-0.3, -0.25) is 19.3 Å². The predicted octanol–water partition coefficient (Wildman–Crippen LogP) is 1.65. The number of hydrogen-bond donors (Lipinski definition) is 3. The van der Waals surface area contributed by atoms with Gasteiger partial charge in [-0.25, -0.2) is 0 Å². The largest absolute Gasteiger partial charge is 0.494 e. The molecule has 2 fully saturated rings. The predicted molar refractivity (Wildman–Crippen MR) is 144 cm³/mol. The van der Waals surface area contributed by atoms with Crippen molar-refractivity contribution in [1.29, 1.82) is 0 Å². The van der Waals surface area contributed by atoms with Crippen LogP contribution in [0.15, 0.2) is 28.8 Å². The first-order chi connectivity index (χ1) is 19.4. The summed E-state index contributed by atoms with van der Waals surface area (Å²) in [5, 5.41) is 20.7. The fourth-order valence-corrected chi connectivity index (χ4v) is 4.43. The van der Waals surface area contributed by atoms with E-state index in [2.05, 4.69) is 41.2 Å². The fourth-order valence-electron chi connectivity index (χ4n) is 4.43. The smallest absolute Gasteiger partial charge is 0.273 e. The first kappa shape index (κ1) is 27.0. The first-order valence-corrected chi connectivity index (χ1v) is 13.0. The average molecular weight is 550 g/mol. The number of carbonyl (C=O) groups excluding carboxylic acids is 3. The molecule has 3 amide bonds. The van der Waals surface area contributed by atoms with Gasteiger partial charge in [0.25, 0.3) is 11.8 Å². The van der Waals surface area contributed by atoms with Crippen LogP contribution in [-0.4, -0.2) is 88.2 Å². The molecule has 3 aromatic rings. The Morgan fingerprint density at radius 2 is 1.88 bits per heavy atom. The van der Waals surface area contributed by atoms with Crippen LogP contribution in [0.3, 0.4) is 0 Å². The van der Waals surface area contributed by atoms with Crippen molar-refractivity contribution >= 4 is 34.9 Å². The van der Waals surface area contributed by atoms with E-state index in [1.807, 2.05) is 4.90 Å². The lowest BCUT2D eigenvalue weighted by Crippen LogP contribution is -2.47. The fraction of sp³-hybridized carbons (Fsp3) is 0.423. The van der Waals surface area contributed by atoms with Crippen LogP contribution in [-0.2, 0) is 16.1 Å². The van der Waals surface area contributed by atoms with E-state index in [0.29, 0.717) is 48.1 Å². The van der Waals surface area contributed by atoms with Crippen molar-refractivity contribution in [2.24, 2.45) is 5.92 Å². The summed E-state index contributed by atoms with van der Waals surface area (Å²) < 4.78 is 11.3. The molecular weight excluding hydrogens is 518 g/mol. The maximum Gasteiger partial charge on any atom is 0.273 e.